The Morgan fingerprint density at radius 1 is 1.14 bits per heavy atom. The van der Waals surface area contributed by atoms with Gasteiger partial charge in [-0.05, 0) is 18.4 Å². The summed E-state index contributed by atoms with van der Waals surface area (Å²) >= 11 is 0. The summed E-state index contributed by atoms with van der Waals surface area (Å²) in [5.74, 6) is 0.894. The van der Waals surface area contributed by atoms with Gasteiger partial charge in [0.25, 0.3) is 0 Å². The molecule has 0 radical (unpaired) electrons. The van der Waals surface area contributed by atoms with Crippen LogP contribution in [-0.2, 0) is 10.2 Å². The second-order valence-electron chi connectivity index (χ2n) is 6.73. The molecule has 0 aromatic heterocycles. The summed E-state index contributed by atoms with van der Waals surface area (Å²) in [6.45, 7) is 5.77. The molecule has 3 rings (SSSR count). The molecule has 1 aliphatic carbocycles. The number of nitrogens with zero attached hydrogens (tertiary/aromatic N) is 1. The molecule has 4 nitrogen and oxygen atoms in total. The summed E-state index contributed by atoms with van der Waals surface area (Å²) in [7, 11) is 1.83. The predicted octanol–water partition coefficient (Wildman–Crippen LogP) is 2.54. The Bertz CT molecular complexity index is 510. The molecule has 1 aromatic rings. The average Bonchev–Trinajstić information content (AvgIpc) is 3.28. The molecule has 2 fully saturated rings. The summed E-state index contributed by atoms with van der Waals surface area (Å²) in [4.78, 5) is 4.33. The van der Waals surface area contributed by atoms with Crippen LogP contribution < -0.4 is 10.6 Å². The first-order valence-electron chi connectivity index (χ1n) is 7.74. The zero-order chi connectivity index (χ0) is 14.8. The van der Waals surface area contributed by atoms with Crippen molar-refractivity contribution in [3.63, 3.8) is 0 Å². The van der Waals surface area contributed by atoms with Gasteiger partial charge in [0.05, 0.1) is 13.2 Å². The average molecular weight is 415 g/mol. The van der Waals surface area contributed by atoms with Crippen LogP contribution >= 0.6 is 24.0 Å². The summed E-state index contributed by atoms with van der Waals surface area (Å²) in [5, 5.41) is 6.91. The Balaban J connectivity index is 0.00000176. The molecule has 0 atom stereocenters. The van der Waals surface area contributed by atoms with Crippen LogP contribution in [0.1, 0.15) is 25.3 Å². The van der Waals surface area contributed by atoms with Crippen LogP contribution in [0.4, 0.5) is 0 Å². The minimum absolute atomic E-state index is 0. The van der Waals surface area contributed by atoms with E-state index in [0.717, 1.165) is 32.3 Å². The van der Waals surface area contributed by atoms with E-state index in [9.17, 15) is 0 Å². The Kier molecular flexibility index (Phi) is 5.71. The van der Waals surface area contributed by atoms with E-state index < -0.39 is 0 Å². The third kappa shape index (κ3) is 3.93. The number of hydrogen-bond donors (Lipinski definition) is 2. The normalized spacial score (nSPS) is 21.3. The smallest absolute Gasteiger partial charge is 0.191 e. The minimum Gasteiger partial charge on any atom is -0.380 e. The minimum atomic E-state index is 0. The molecule has 5 heteroatoms. The second-order valence-corrected chi connectivity index (χ2v) is 6.73. The number of nitrogens with one attached hydrogen (secondary N) is 2. The van der Waals surface area contributed by atoms with Crippen LogP contribution in [-0.4, -0.2) is 39.3 Å². The molecule has 1 aromatic carbocycles. The van der Waals surface area contributed by atoms with Gasteiger partial charge in [-0.3, -0.25) is 4.99 Å². The molecule has 1 heterocycles. The Morgan fingerprint density at radius 3 is 2.27 bits per heavy atom. The maximum Gasteiger partial charge on any atom is 0.191 e. The van der Waals surface area contributed by atoms with E-state index in [-0.39, 0.29) is 29.4 Å². The fraction of sp³-hybridized carbons (Fsp3) is 0.588. The van der Waals surface area contributed by atoms with Crippen molar-refractivity contribution in [2.75, 3.05) is 33.4 Å². The van der Waals surface area contributed by atoms with Crippen molar-refractivity contribution in [1.82, 2.24) is 10.6 Å². The van der Waals surface area contributed by atoms with Gasteiger partial charge in [-0.25, -0.2) is 0 Å². The van der Waals surface area contributed by atoms with Crippen LogP contribution in [0.25, 0.3) is 0 Å². The molecule has 122 valence electrons. The molecule has 1 saturated heterocycles. The molecule has 22 heavy (non-hydrogen) atoms. The molecule has 0 spiro atoms. The van der Waals surface area contributed by atoms with Crippen LogP contribution in [0.15, 0.2) is 35.3 Å². The first-order valence-corrected chi connectivity index (χ1v) is 7.74. The van der Waals surface area contributed by atoms with Crippen LogP contribution in [0, 0.1) is 5.41 Å². The van der Waals surface area contributed by atoms with E-state index in [1.807, 2.05) is 7.05 Å². The summed E-state index contributed by atoms with van der Waals surface area (Å²) < 4.78 is 5.29. The van der Waals surface area contributed by atoms with E-state index in [0.29, 0.717) is 5.41 Å². The van der Waals surface area contributed by atoms with Gasteiger partial charge in [-0.2, -0.15) is 0 Å². The maximum absolute atomic E-state index is 5.29. The van der Waals surface area contributed by atoms with Gasteiger partial charge in [0, 0.05) is 31.0 Å². The van der Waals surface area contributed by atoms with Gasteiger partial charge < -0.3 is 15.4 Å². The van der Waals surface area contributed by atoms with E-state index in [1.165, 1.54) is 18.4 Å². The monoisotopic (exact) mass is 415 g/mol. The number of guanidine groups is 1. The van der Waals surface area contributed by atoms with Gasteiger partial charge in [0.15, 0.2) is 5.96 Å². The van der Waals surface area contributed by atoms with Crippen molar-refractivity contribution < 1.29 is 4.74 Å². The van der Waals surface area contributed by atoms with Crippen LogP contribution in [0.2, 0.25) is 0 Å². The van der Waals surface area contributed by atoms with Crippen LogP contribution in [0.3, 0.4) is 0 Å². The number of hydrogen-bond acceptors (Lipinski definition) is 2. The number of rotatable bonds is 5. The molecule has 0 amide bonds. The highest BCUT2D eigenvalue weighted by molar-refractivity contribution is 14.0. The highest BCUT2D eigenvalue weighted by Crippen LogP contribution is 2.47. The SMILES string of the molecule is CN=C(NCC1(C)COC1)NCC1(c2ccccc2)CC1.I. The summed E-state index contributed by atoms with van der Waals surface area (Å²) in [5.41, 5.74) is 2.00. The zero-order valence-electron chi connectivity index (χ0n) is 13.4. The predicted molar refractivity (Wildman–Crippen MR) is 101 cm³/mol. The molecule has 2 aliphatic rings. The fourth-order valence-corrected chi connectivity index (χ4v) is 2.83. The van der Waals surface area contributed by atoms with Crippen molar-refractivity contribution in [1.29, 1.82) is 0 Å². The standard InChI is InChI=1S/C17H25N3O.HI/c1-16(12-21-13-16)10-19-15(18-2)20-11-17(8-9-17)14-6-4-3-5-7-14;/h3-7H,8-13H2,1-2H3,(H2,18,19,20);1H. The van der Waals surface area contributed by atoms with Gasteiger partial charge in [0.2, 0.25) is 0 Å². The third-order valence-corrected chi connectivity index (χ3v) is 4.64. The maximum atomic E-state index is 5.29. The second kappa shape index (κ2) is 7.17. The lowest BCUT2D eigenvalue weighted by Crippen LogP contribution is -2.51. The fourth-order valence-electron chi connectivity index (χ4n) is 2.83. The first kappa shape index (κ1) is 17.5. The van der Waals surface area contributed by atoms with Gasteiger partial charge in [-0.15, -0.1) is 24.0 Å². The van der Waals surface area contributed by atoms with Crippen LogP contribution in [0.5, 0.6) is 0 Å². The van der Waals surface area contributed by atoms with E-state index in [2.05, 4.69) is 52.9 Å². The Morgan fingerprint density at radius 2 is 1.77 bits per heavy atom. The Labute approximate surface area is 150 Å². The highest BCUT2D eigenvalue weighted by atomic mass is 127. The van der Waals surface area contributed by atoms with Crippen molar-refractivity contribution in [2.45, 2.75) is 25.2 Å². The number of benzene rings is 1. The molecular formula is C17H26IN3O. The summed E-state index contributed by atoms with van der Waals surface area (Å²) in [6, 6.07) is 10.8. The number of aliphatic imine (C=N–C) groups is 1. The molecule has 1 aliphatic heterocycles. The van der Waals surface area contributed by atoms with Crippen molar-refractivity contribution >= 4 is 29.9 Å². The van der Waals surface area contributed by atoms with E-state index >= 15 is 0 Å². The largest absolute Gasteiger partial charge is 0.380 e. The highest BCUT2D eigenvalue weighted by Gasteiger charge is 2.44. The quantitative estimate of drug-likeness (QED) is 0.442. The lowest BCUT2D eigenvalue weighted by Gasteiger charge is -2.38. The van der Waals surface area contributed by atoms with Crippen molar-refractivity contribution in [3.05, 3.63) is 35.9 Å². The Hall–Kier alpha value is -0.820. The first-order chi connectivity index (χ1) is 10.2. The topological polar surface area (TPSA) is 45.7 Å². The molecule has 0 bridgehead atoms. The number of halogens is 1. The van der Waals surface area contributed by atoms with Gasteiger partial charge in [-0.1, -0.05) is 37.3 Å². The van der Waals surface area contributed by atoms with E-state index in [1.54, 1.807) is 0 Å². The van der Waals surface area contributed by atoms with Crippen molar-refractivity contribution in [2.24, 2.45) is 10.4 Å². The van der Waals surface area contributed by atoms with E-state index in [4.69, 9.17) is 4.74 Å². The molecule has 0 unspecified atom stereocenters. The lowest BCUT2D eigenvalue weighted by atomic mass is 9.89. The zero-order valence-corrected chi connectivity index (χ0v) is 15.7. The van der Waals surface area contributed by atoms with Crippen molar-refractivity contribution in [3.8, 4) is 0 Å². The molecular weight excluding hydrogens is 389 g/mol. The number of ether oxygens (including phenoxy) is 1. The summed E-state index contributed by atoms with van der Waals surface area (Å²) in [6.07, 6.45) is 2.51. The molecule has 2 N–H and O–H groups in total. The third-order valence-electron chi connectivity index (χ3n) is 4.64. The molecule has 1 saturated carbocycles. The van der Waals surface area contributed by atoms with Gasteiger partial charge in [0.1, 0.15) is 0 Å². The lowest BCUT2D eigenvalue weighted by molar-refractivity contribution is -0.0971. The van der Waals surface area contributed by atoms with Gasteiger partial charge >= 0.3 is 0 Å².